The van der Waals surface area contributed by atoms with E-state index in [0.717, 1.165) is 44.4 Å². The number of hydrogen-bond acceptors (Lipinski definition) is 5. The Morgan fingerprint density at radius 1 is 1.14 bits per heavy atom. The van der Waals surface area contributed by atoms with Crippen molar-refractivity contribution in [2.75, 3.05) is 26.2 Å². The number of pyridine rings is 1. The summed E-state index contributed by atoms with van der Waals surface area (Å²) >= 11 is 0. The van der Waals surface area contributed by atoms with Crippen LogP contribution in [-0.4, -0.2) is 62.1 Å². The number of H-pyrrole nitrogens is 1. The molecule has 3 aromatic rings. The van der Waals surface area contributed by atoms with Gasteiger partial charge in [-0.3, -0.25) is 19.8 Å². The highest BCUT2D eigenvalue weighted by molar-refractivity contribution is 5.94. The Hall–Kier alpha value is -3.06. The van der Waals surface area contributed by atoms with Gasteiger partial charge in [0.15, 0.2) is 5.82 Å². The molecule has 148 valence electrons. The van der Waals surface area contributed by atoms with Crippen molar-refractivity contribution in [1.82, 2.24) is 30.0 Å². The summed E-state index contributed by atoms with van der Waals surface area (Å²) in [4.78, 5) is 25.9. The summed E-state index contributed by atoms with van der Waals surface area (Å²) in [5.41, 5.74) is 2.00. The van der Waals surface area contributed by atoms with E-state index in [4.69, 9.17) is 0 Å². The summed E-state index contributed by atoms with van der Waals surface area (Å²) in [7, 11) is 0. The van der Waals surface area contributed by atoms with E-state index in [9.17, 15) is 4.79 Å². The maximum absolute atomic E-state index is 12.8. The molecule has 0 aliphatic carbocycles. The van der Waals surface area contributed by atoms with Crippen molar-refractivity contribution in [3.05, 3.63) is 77.6 Å². The number of benzene rings is 1. The van der Waals surface area contributed by atoms with E-state index >= 15 is 0 Å². The maximum atomic E-state index is 12.8. The Bertz CT molecular complexity index is 996. The Balaban J connectivity index is 1.36. The van der Waals surface area contributed by atoms with Gasteiger partial charge < -0.3 is 4.90 Å². The van der Waals surface area contributed by atoms with Crippen LogP contribution >= 0.6 is 0 Å². The minimum Gasteiger partial charge on any atom is -0.337 e. The molecular weight excluding hydrogens is 364 g/mol. The van der Waals surface area contributed by atoms with E-state index in [1.54, 1.807) is 24.5 Å². The minimum absolute atomic E-state index is 0.00606. The molecule has 5 rings (SSSR count). The van der Waals surface area contributed by atoms with Crippen molar-refractivity contribution in [1.29, 1.82) is 0 Å². The van der Waals surface area contributed by atoms with E-state index in [0.29, 0.717) is 5.56 Å². The summed E-state index contributed by atoms with van der Waals surface area (Å²) in [5.74, 6) is 2.00. The molecule has 4 heterocycles. The molecule has 7 nitrogen and oxygen atoms in total. The van der Waals surface area contributed by atoms with Crippen LogP contribution in [0, 0.1) is 12.3 Å². The van der Waals surface area contributed by atoms with Crippen molar-refractivity contribution >= 4 is 5.91 Å². The maximum Gasteiger partial charge on any atom is 0.254 e. The molecule has 7 heteroatoms. The summed E-state index contributed by atoms with van der Waals surface area (Å²) in [6.07, 6.45) is 3.33. The van der Waals surface area contributed by atoms with Gasteiger partial charge in [-0.15, -0.1) is 0 Å². The lowest BCUT2D eigenvalue weighted by molar-refractivity contribution is 0.00179. The SMILES string of the molecule is Cc1nc(C2CN(Cc3ccccc3)CC23CN(C(=O)c2ccncc2)C3)n[nH]1. The highest BCUT2D eigenvalue weighted by Crippen LogP contribution is 2.49. The van der Waals surface area contributed by atoms with Gasteiger partial charge in [-0.2, -0.15) is 5.10 Å². The van der Waals surface area contributed by atoms with Gasteiger partial charge in [0, 0.05) is 62.0 Å². The monoisotopic (exact) mass is 388 g/mol. The fraction of sp³-hybridized carbons (Fsp3) is 0.364. The summed E-state index contributed by atoms with van der Waals surface area (Å²) in [6.45, 7) is 6.15. The van der Waals surface area contributed by atoms with E-state index in [1.165, 1.54) is 5.56 Å². The van der Waals surface area contributed by atoms with Crippen LogP contribution in [-0.2, 0) is 6.54 Å². The summed E-state index contributed by atoms with van der Waals surface area (Å²) < 4.78 is 0. The third-order valence-electron chi connectivity index (χ3n) is 6.12. The fourth-order valence-electron chi connectivity index (χ4n) is 4.76. The van der Waals surface area contributed by atoms with Gasteiger partial charge in [-0.1, -0.05) is 30.3 Å². The Kier molecular flexibility index (Phi) is 4.39. The molecular formula is C22H24N6O. The van der Waals surface area contributed by atoms with Gasteiger partial charge in [0.1, 0.15) is 5.82 Å². The smallest absolute Gasteiger partial charge is 0.254 e. The predicted octanol–water partition coefficient (Wildman–Crippen LogP) is 2.25. The molecule has 2 fully saturated rings. The van der Waals surface area contributed by atoms with Gasteiger partial charge in [0.25, 0.3) is 5.91 Å². The average Bonchev–Trinajstić information content (AvgIpc) is 3.31. The number of rotatable bonds is 4. The zero-order valence-corrected chi connectivity index (χ0v) is 16.5. The zero-order valence-electron chi connectivity index (χ0n) is 16.5. The Morgan fingerprint density at radius 3 is 2.59 bits per heavy atom. The van der Waals surface area contributed by atoms with Crippen LogP contribution in [0.4, 0.5) is 0 Å². The largest absolute Gasteiger partial charge is 0.337 e. The third-order valence-corrected chi connectivity index (χ3v) is 6.12. The number of aryl methyl sites for hydroxylation is 1. The number of amides is 1. The zero-order chi connectivity index (χ0) is 19.8. The number of carbonyl (C=O) groups is 1. The number of carbonyl (C=O) groups excluding carboxylic acids is 1. The van der Waals surface area contributed by atoms with Crippen LogP contribution in [0.3, 0.4) is 0 Å². The van der Waals surface area contributed by atoms with Crippen LogP contribution < -0.4 is 0 Å². The topological polar surface area (TPSA) is 78.0 Å². The first-order valence-electron chi connectivity index (χ1n) is 9.97. The van der Waals surface area contributed by atoms with Crippen molar-refractivity contribution in [3.8, 4) is 0 Å². The first-order chi connectivity index (χ1) is 14.1. The van der Waals surface area contributed by atoms with Gasteiger partial charge >= 0.3 is 0 Å². The molecule has 1 spiro atoms. The number of hydrogen-bond donors (Lipinski definition) is 1. The van der Waals surface area contributed by atoms with Crippen LogP contribution in [0.2, 0.25) is 0 Å². The fourth-order valence-corrected chi connectivity index (χ4v) is 4.76. The molecule has 29 heavy (non-hydrogen) atoms. The lowest BCUT2D eigenvalue weighted by atomic mass is 9.71. The Morgan fingerprint density at radius 2 is 1.90 bits per heavy atom. The predicted molar refractivity (Wildman–Crippen MR) is 108 cm³/mol. The van der Waals surface area contributed by atoms with Crippen LogP contribution in [0.5, 0.6) is 0 Å². The lowest BCUT2D eigenvalue weighted by Gasteiger charge is -2.50. The van der Waals surface area contributed by atoms with E-state index in [-0.39, 0.29) is 17.2 Å². The van der Waals surface area contributed by atoms with Crippen LogP contribution in [0.15, 0.2) is 54.9 Å². The molecule has 1 atom stereocenters. The molecule has 0 saturated carbocycles. The number of nitrogens with one attached hydrogen (secondary N) is 1. The highest BCUT2D eigenvalue weighted by atomic mass is 16.2. The number of nitrogens with zero attached hydrogens (tertiary/aromatic N) is 5. The van der Waals surface area contributed by atoms with Gasteiger partial charge in [0.05, 0.1) is 0 Å². The molecule has 2 aromatic heterocycles. The standard InChI is InChI=1S/C22H24N6O/c1-16-24-20(26-25-16)19-12-27(11-17-5-3-2-4-6-17)13-22(19)14-28(15-22)21(29)18-7-9-23-10-8-18/h2-10,19H,11-15H2,1H3,(H,24,25,26). The third kappa shape index (κ3) is 3.31. The van der Waals surface area contributed by atoms with Gasteiger partial charge in [-0.25, -0.2) is 4.98 Å². The van der Waals surface area contributed by atoms with E-state index in [2.05, 4.69) is 49.3 Å². The first-order valence-corrected chi connectivity index (χ1v) is 9.97. The van der Waals surface area contributed by atoms with Gasteiger partial charge in [0.2, 0.25) is 0 Å². The molecule has 0 radical (unpaired) electrons. The number of aromatic amines is 1. The highest BCUT2D eigenvalue weighted by Gasteiger charge is 2.57. The molecule has 1 amide bonds. The van der Waals surface area contributed by atoms with E-state index in [1.807, 2.05) is 17.9 Å². The number of aromatic nitrogens is 4. The Labute approximate surface area is 169 Å². The van der Waals surface area contributed by atoms with Crippen molar-refractivity contribution in [2.24, 2.45) is 5.41 Å². The molecule has 0 bridgehead atoms. The average molecular weight is 388 g/mol. The molecule has 1 unspecified atom stereocenters. The summed E-state index contributed by atoms with van der Waals surface area (Å²) in [5, 5.41) is 7.46. The molecule has 2 saturated heterocycles. The molecule has 1 aromatic carbocycles. The second kappa shape index (κ2) is 7.08. The molecule has 1 N–H and O–H groups in total. The second-order valence-electron chi connectivity index (χ2n) is 8.25. The number of likely N-dealkylation sites (tertiary alicyclic amines) is 2. The lowest BCUT2D eigenvalue weighted by Crippen LogP contribution is -2.61. The van der Waals surface area contributed by atoms with Gasteiger partial charge in [-0.05, 0) is 24.6 Å². The normalized spacial score (nSPS) is 20.7. The van der Waals surface area contributed by atoms with E-state index < -0.39 is 0 Å². The van der Waals surface area contributed by atoms with Crippen molar-refractivity contribution in [3.63, 3.8) is 0 Å². The molecule has 2 aliphatic rings. The van der Waals surface area contributed by atoms with Crippen molar-refractivity contribution < 1.29 is 4.79 Å². The molecule has 2 aliphatic heterocycles. The quantitative estimate of drug-likeness (QED) is 0.742. The summed E-state index contributed by atoms with van der Waals surface area (Å²) in [6, 6.07) is 14.1. The minimum atomic E-state index is 0.00606. The van der Waals surface area contributed by atoms with Crippen LogP contribution in [0.25, 0.3) is 0 Å². The van der Waals surface area contributed by atoms with Crippen LogP contribution in [0.1, 0.15) is 33.5 Å². The second-order valence-corrected chi connectivity index (χ2v) is 8.25. The first kappa shape index (κ1) is 18.0. The van der Waals surface area contributed by atoms with Crippen molar-refractivity contribution in [2.45, 2.75) is 19.4 Å².